The number of nitriles is 1. The summed E-state index contributed by atoms with van der Waals surface area (Å²) >= 11 is 0. The Labute approximate surface area is 288 Å². The van der Waals surface area contributed by atoms with Gasteiger partial charge >= 0.3 is 0 Å². The highest BCUT2D eigenvalue weighted by Gasteiger charge is 2.46. The molecular formula is C36H30F4N6O5. The Morgan fingerprint density at radius 2 is 1.94 bits per heavy atom. The van der Waals surface area contributed by atoms with E-state index in [-0.39, 0.29) is 70.3 Å². The highest BCUT2D eigenvalue weighted by Crippen LogP contribution is 2.47. The number of primary amides is 1. The summed E-state index contributed by atoms with van der Waals surface area (Å²) < 4.78 is 70.3. The molecule has 15 heteroatoms. The van der Waals surface area contributed by atoms with Crippen molar-refractivity contribution < 1.29 is 41.7 Å². The van der Waals surface area contributed by atoms with Gasteiger partial charge in [0.2, 0.25) is 5.91 Å². The lowest BCUT2D eigenvalue weighted by Crippen LogP contribution is -2.43. The molecule has 2 aromatic carbocycles. The van der Waals surface area contributed by atoms with Crippen molar-refractivity contribution in [2.75, 3.05) is 20.3 Å². The first-order valence-corrected chi connectivity index (χ1v) is 15.5. The number of allylic oxidation sites excluding steroid dienone is 2. The predicted molar refractivity (Wildman–Crippen MR) is 174 cm³/mol. The van der Waals surface area contributed by atoms with Crippen molar-refractivity contribution in [2.45, 2.75) is 36.6 Å². The van der Waals surface area contributed by atoms with Crippen LogP contribution in [0, 0.1) is 34.2 Å². The highest BCUT2D eigenvalue weighted by atomic mass is 19.2. The third-order valence-electron chi connectivity index (χ3n) is 9.07. The number of aromatic nitrogens is 1. The average Bonchev–Trinajstić information content (AvgIpc) is 3.75. The summed E-state index contributed by atoms with van der Waals surface area (Å²) in [5.74, 6) is -6.34. The molecule has 0 radical (unpaired) electrons. The fraction of sp³-hybridized carbons (Fsp3) is 0.250. The molecular weight excluding hydrogens is 672 g/mol. The number of ether oxygens (including phenoxy) is 2. The summed E-state index contributed by atoms with van der Waals surface area (Å²) in [7, 11) is 1.29. The van der Waals surface area contributed by atoms with Gasteiger partial charge in [0, 0.05) is 41.3 Å². The van der Waals surface area contributed by atoms with Gasteiger partial charge in [-0.1, -0.05) is 12.1 Å². The van der Waals surface area contributed by atoms with Gasteiger partial charge in [-0.3, -0.25) is 15.0 Å². The van der Waals surface area contributed by atoms with Crippen molar-refractivity contribution in [1.82, 2.24) is 15.6 Å². The minimum absolute atomic E-state index is 0.00728. The van der Waals surface area contributed by atoms with Gasteiger partial charge in [0.1, 0.15) is 64.1 Å². The molecule has 6 N–H and O–H groups in total. The molecule has 262 valence electrons. The van der Waals surface area contributed by atoms with Crippen molar-refractivity contribution in [2.24, 2.45) is 5.73 Å². The summed E-state index contributed by atoms with van der Waals surface area (Å²) in [5, 5.41) is 35.2. The lowest BCUT2D eigenvalue weighted by molar-refractivity contribution is -0.123. The Morgan fingerprint density at radius 1 is 1.20 bits per heavy atom. The number of benzene rings is 2. The number of amides is 2. The van der Waals surface area contributed by atoms with Crippen LogP contribution < -0.4 is 21.1 Å². The quantitative estimate of drug-likeness (QED) is 0.155. The van der Waals surface area contributed by atoms with Gasteiger partial charge in [0.05, 0.1) is 24.9 Å². The number of nitrogens with two attached hydrogens (primary N) is 1. The van der Waals surface area contributed by atoms with Crippen molar-refractivity contribution >= 4 is 17.5 Å². The largest absolute Gasteiger partial charge is 0.494 e. The Hall–Kier alpha value is -6.01. The number of nitrogens with one attached hydrogen (secondary N) is 3. The minimum atomic E-state index is -2.41. The Kier molecular flexibility index (Phi) is 8.68. The molecule has 11 nitrogen and oxygen atoms in total. The van der Waals surface area contributed by atoms with Gasteiger partial charge in [-0.05, 0) is 55.0 Å². The molecule has 0 bridgehead atoms. The van der Waals surface area contributed by atoms with Crippen LogP contribution in [-0.2, 0) is 25.3 Å². The molecule has 3 aliphatic rings. The summed E-state index contributed by atoms with van der Waals surface area (Å²) in [6.45, 7) is 0.416. The fourth-order valence-corrected chi connectivity index (χ4v) is 5.70. The molecule has 1 saturated carbocycles. The number of carbonyl (C=O) groups excluding carboxylic acids is 2. The first-order chi connectivity index (χ1) is 24.1. The lowest BCUT2D eigenvalue weighted by atomic mass is 9.80. The molecule has 6 rings (SSSR count). The molecule has 0 spiro atoms. The number of nitrogens with zero attached hydrogens (tertiary/aromatic N) is 2. The van der Waals surface area contributed by atoms with Gasteiger partial charge in [-0.25, -0.2) is 22.5 Å². The first-order valence-electron chi connectivity index (χ1n) is 15.5. The molecule has 1 aliphatic heterocycles. The average molecular weight is 703 g/mol. The number of aliphatic hydroxyl groups is 1. The fourth-order valence-electron chi connectivity index (χ4n) is 5.70. The molecule has 2 atom stereocenters. The molecule has 1 unspecified atom stereocenters. The van der Waals surface area contributed by atoms with E-state index < -0.39 is 63.7 Å². The van der Waals surface area contributed by atoms with E-state index in [4.69, 9.17) is 20.6 Å². The minimum Gasteiger partial charge on any atom is -0.494 e. The molecule has 51 heavy (non-hydrogen) atoms. The molecule has 0 saturated heterocycles. The van der Waals surface area contributed by atoms with Crippen LogP contribution in [0.15, 0.2) is 77.7 Å². The van der Waals surface area contributed by atoms with Crippen molar-refractivity contribution in [3.05, 3.63) is 118 Å². The topological polar surface area (TPSA) is 183 Å². The molecule has 2 aliphatic carbocycles. The number of alkyl halides is 1. The zero-order chi connectivity index (χ0) is 36.9. The number of carbonyl (C=O) groups is 2. The van der Waals surface area contributed by atoms with Gasteiger partial charge in [0.25, 0.3) is 5.91 Å². The summed E-state index contributed by atoms with van der Waals surface area (Å²) in [5.41, 5.74) is -0.0928. The third kappa shape index (κ3) is 6.30. The van der Waals surface area contributed by atoms with E-state index in [1.54, 1.807) is 6.07 Å². The van der Waals surface area contributed by atoms with Crippen LogP contribution in [0.3, 0.4) is 0 Å². The van der Waals surface area contributed by atoms with Gasteiger partial charge < -0.3 is 30.9 Å². The van der Waals surface area contributed by atoms with Crippen molar-refractivity contribution in [1.29, 1.82) is 10.7 Å². The van der Waals surface area contributed by atoms with Gasteiger partial charge in [-0.2, -0.15) is 5.26 Å². The smallest absolute Gasteiger partial charge is 0.251 e. The maximum atomic E-state index is 15.5. The Bertz CT molecular complexity index is 2160. The molecule has 1 fully saturated rings. The first kappa shape index (κ1) is 34.8. The lowest BCUT2D eigenvalue weighted by Gasteiger charge is -2.30. The number of halogens is 4. The zero-order valence-electron chi connectivity index (χ0n) is 27.2. The maximum Gasteiger partial charge on any atom is 0.251 e. The Morgan fingerprint density at radius 3 is 2.59 bits per heavy atom. The van der Waals surface area contributed by atoms with Crippen molar-refractivity contribution in [3.8, 4) is 23.1 Å². The van der Waals surface area contributed by atoms with Crippen LogP contribution >= 0.6 is 0 Å². The summed E-state index contributed by atoms with van der Waals surface area (Å²) in [4.78, 5) is 30.8. The van der Waals surface area contributed by atoms with E-state index in [0.29, 0.717) is 12.1 Å². The second-order valence-electron chi connectivity index (χ2n) is 12.6. The van der Waals surface area contributed by atoms with Crippen LogP contribution in [0.2, 0.25) is 0 Å². The van der Waals surface area contributed by atoms with Crippen LogP contribution in [0.1, 0.15) is 42.1 Å². The number of hydrogen-bond donors (Lipinski definition) is 5. The van der Waals surface area contributed by atoms with E-state index in [1.165, 1.54) is 50.6 Å². The monoisotopic (exact) mass is 702 g/mol. The SMILES string of the molecule is COC1=CC(C(=O)NCC(O)(c2cccc(F)c2)c2cc3c(c(-c4cc(F)c(C#N)cc4F)n2)OC[C@]3(C)C(N)=O)=C/C(=C/NC2(F)CC2)C1=N. The predicted octanol–water partition coefficient (Wildman–Crippen LogP) is 3.95. The highest BCUT2D eigenvalue weighted by molar-refractivity contribution is 6.15. The maximum absolute atomic E-state index is 15.5. The number of pyridine rings is 1. The van der Waals surface area contributed by atoms with E-state index >= 15 is 4.39 Å². The van der Waals surface area contributed by atoms with Crippen LogP contribution in [0.25, 0.3) is 11.3 Å². The van der Waals surface area contributed by atoms with E-state index in [0.717, 1.165) is 12.1 Å². The third-order valence-corrected chi connectivity index (χ3v) is 9.07. The number of hydrogen-bond acceptors (Lipinski definition) is 9. The van der Waals surface area contributed by atoms with Crippen LogP contribution in [0.4, 0.5) is 17.6 Å². The van der Waals surface area contributed by atoms with E-state index in [2.05, 4.69) is 15.6 Å². The second-order valence-corrected chi connectivity index (χ2v) is 12.6. The summed E-state index contributed by atoms with van der Waals surface area (Å²) in [6, 6.07) is 8.90. The van der Waals surface area contributed by atoms with Crippen LogP contribution in [0.5, 0.6) is 5.75 Å². The second kappa shape index (κ2) is 12.7. The van der Waals surface area contributed by atoms with E-state index in [1.807, 2.05) is 0 Å². The molecule has 2 heterocycles. The van der Waals surface area contributed by atoms with E-state index in [9.17, 15) is 33.1 Å². The van der Waals surface area contributed by atoms with Gasteiger partial charge in [0.15, 0.2) is 5.79 Å². The zero-order valence-corrected chi connectivity index (χ0v) is 27.2. The Balaban J connectivity index is 1.47. The summed E-state index contributed by atoms with van der Waals surface area (Å²) in [6.07, 6.45) is 4.40. The molecule has 2 amide bonds. The van der Waals surface area contributed by atoms with Crippen molar-refractivity contribution in [3.63, 3.8) is 0 Å². The number of fused-ring (bicyclic) bond motifs is 1. The van der Waals surface area contributed by atoms with Gasteiger partial charge in [-0.15, -0.1) is 0 Å². The molecule has 1 aromatic heterocycles. The standard InChI is InChI=1S/C36H30F4N6O5/c1-34(33(43)48)17-51-31-24(34)13-28(46-30(31)23-12-25(38)19(14-41)9-26(23)39)36(49,21-4-3-5-22(37)11-21)16-44-32(47)18-8-20(15-45-35(40)6-7-35)29(42)27(10-18)50-2/h3-5,8-13,15,42,45,49H,6-7,16-17H2,1-2H3,(H2,43,48)(H,44,47)/b20-15-,42-29?/t34-,36?/m0/s1. The number of rotatable bonds is 10. The van der Waals surface area contributed by atoms with Crippen LogP contribution in [-0.4, -0.2) is 53.7 Å². The molecule has 3 aromatic rings. The number of methoxy groups -OCH3 is 1. The normalized spacial score (nSPS) is 20.6.